The van der Waals surface area contributed by atoms with Gasteiger partial charge in [-0.2, -0.15) is 0 Å². The van der Waals surface area contributed by atoms with Gasteiger partial charge < -0.3 is 10.1 Å². The molecule has 0 radical (unpaired) electrons. The van der Waals surface area contributed by atoms with Gasteiger partial charge in [0.15, 0.2) is 5.11 Å². The van der Waals surface area contributed by atoms with Crippen LogP contribution in [0.1, 0.15) is 35.7 Å². The molecule has 0 atom stereocenters. The second-order valence-corrected chi connectivity index (χ2v) is 7.27. The van der Waals surface area contributed by atoms with Crippen LogP contribution in [0.4, 0.5) is 11.4 Å². The summed E-state index contributed by atoms with van der Waals surface area (Å²) in [6, 6.07) is 9.40. The van der Waals surface area contributed by atoms with E-state index in [9.17, 15) is 14.9 Å². The van der Waals surface area contributed by atoms with E-state index in [-0.39, 0.29) is 10.8 Å². The van der Waals surface area contributed by atoms with Crippen molar-refractivity contribution in [2.24, 2.45) is 0 Å². The maximum atomic E-state index is 12.4. The molecule has 2 aromatic carbocycles. The molecule has 0 heterocycles. The SMILES string of the molecule is CCCCOc1ccc(C(=O)NC(=S)Nc2cc([N+](=O)[O-])ccc2C)cc1Br. The number of nitrogens with zero attached hydrogens (tertiary/aromatic N) is 1. The fourth-order valence-corrected chi connectivity index (χ4v) is 2.97. The van der Waals surface area contributed by atoms with E-state index in [1.807, 2.05) is 0 Å². The number of nitro benzene ring substituents is 1. The maximum absolute atomic E-state index is 12.4. The van der Waals surface area contributed by atoms with Crippen LogP contribution in [-0.2, 0) is 0 Å². The number of ether oxygens (including phenoxy) is 1. The number of anilines is 1. The predicted octanol–water partition coefficient (Wildman–Crippen LogP) is 4.97. The fourth-order valence-electron chi connectivity index (χ4n) is 2.27. The molecular weight excluding hydrogens is 446 g/mol. The number of rotatable bonds is 7. The molecule has 0 fully saturated rings. The van der Waals surface area contributed by atoms with Crippen molar-refractivity contribution >= 4 is 50.5 Å². The normalized spacial score (nSPS) is 10.2. The molecule has 9 heteroatoms. The van der Waals surface area contributed by atoms with Crippen LogP contribution in [-0.4, -0.2) is 22.5 Å². The number of benzene rings is 2. The lowest BCUT2D eigenvalue weighted by Gasteiger charge is -2.12. The summed E-state index contributed by atoms with van der Waals surface area (Å²) >= 11 is 8.56. The third kappa shape index (κ3) is 6.00. The minimum Gasteiger partial charge on any atom is -0.492 e. The first kappa shape index (κ1) is 21.8. The lowest BCUT2D eigenvalue weighted by molar-refractivity contribution is -0.384. The van der Waals surface area contributed by atoms with Crippen molar-refractivity contribution in [2.45, 2.75) is 26.7 Å². The fraction of sp³-hybridized carbons (Fsp3) is 0.263. The molecule has 2 N–H and O–H groups in total. The molecular formula is C19H20BrN3O4S. The molecule has 0 aliphatic carbocycles. The molecule has 1 amide bonds. The van der Waals surface area contributed by atoms with E-state index in [4.69, 9.17) is 17.0 Å². The van der Waals surface area contributed by atoms with Gasteiger partial charge in [-0.1, -0.05) is 19.4 Å². The molecule has 2 aromatic rings. The van der Waals surface area contributed by atoms with Crippen molar-refractivity contribution in [3.63, 3.8) is 0 Å². The Hall–Kier alpha value is -2.52. The Kier molecular flexibility index (Phi) is 7.89. The van der Waals surface area contributed by atoms with Crippen LogP contribution < -0.4 is 15.4 Å². The van der Waals surface area contributed by atoms with Crippen molar-refractivity contribution in [3.8, 4) is 5.75 Å². The van der Waals surface area contributed by atoms with E-state index < -0.39 is 10.8 Å². The molecule has 0 aromatic heterocycles. The third-order valence-corrected chi connectivity index (χ3v) is 4.68. The molecule has 0 aliphatic rings. The topological polar surface area (TPSA) is 93.5 Å². The second-order valence-electron chi connectivity index (χ2n) is 6.01. The van der Waals surface area contributed by atoms with Crippen molar-refractivity contribution in [1.29, 1.82) is 0 Å². The van der Waals surface area contributed by atoms with E-state index in [1.54, 1.807) is 31.2 Å². The lowest BCUT2D eigenvalue weighted by atomic mass is 10.2. The van der Waals surface area contributed by atoms with Crippen LogP contribution in [0, 0.1) is 17.0 Å². The first-order valence-electron chi connectivity index (χ1n) is 8.61. The van der Waals surface area contributed by atoms with Gasteiger partial charge in [0.25, 0.3) is 11.6 Å². The average molecular weight is 466 g/mol. The Bertz CT molecular complexity index is 905. The Morgan fingerprint density at radius 2 is 2.04 bits per heavy atom. The van der Waals surface area contributed by atoms with E-state index >= 15 is 0 Å². The van der Waals surface area contributed by atoms with Crippen molar-refractivity contribution in [3.05, 3.63) is 62.1 Å². The number of nitrogens with one attached hydrogen (secondary N) is 2. The largest absolute Gasteiger partial charge is 0.492 e. The predicted molar refractivity (Wildman–Crippen MR) is 116 cm³/mol. The highest BCUT2D eigenvalue weighted by Gasteiger charge is 2.13. The Morgan fingerprint density at radius 1 is 1.29 bits per heavy atom. The summed E-state index contributed by atoms with van der Waals surface area (Å²) in [6.07, 6.45) is 1.98. The number of nitro groups is 1. The van der Waals surface area contributed by atoms with Crippen LogP contribution in [0.25, 0.3) is 0 Å². The molecule has 28 heavy (non-hydrogen) atoms. The summed E-state index contributed by atoms with van der Waals surface area (Å²) in [4.78, 5) is 22.8. The van der Waals surface area contributed by atoms with Gasteiger partial charge in [0.1, 0.15) is 5.75 Å². The van der Waals surface area contributed by atoms with Crippen molar-refractivity contribution < 1.29 is 14.5 Å². The Morgan fingerprint density at radius 3 is 2.68 bits per heavy atom. The number of carbonyl (C=O) groups is 1. The van der Waals surface area contributed by atoms with Gasteiger partial charge in [0, 0.05) is 23.4 Å². The average Bonchev–Trinajstić information content (AvgIpc) is 2.64. The monoisotopic (exact) mass is 465 g/mol. The molecule has 0 spiro atoms. The lowest BCUT2D eigenvalue weighted by Crippen LogP contribution is -2.34. The third-order valence-electron chi connectivity index (χ3n) is 3.86. The molecule has 7 nitrogen and oxygen atoms in total. The van der Waals surface area contributed by atoms with Crippen LogP contribution in [0.15, 0.2) is 40.9 Å². The van der Waals surface area contributed by atoms with Crippen LogP contribution in [0.3, 0.4) is 0 Å². The zero-order valence-electron chi connectivity index (χ0n) is 15.5. The van der Waals surface area contributed by atoms with Crippen molar-refractivity contribution in [2.75, 3.05) is 11.9 Å². The zero-order valence-corrected chi connectivity index (χ0v) is 17.9. The number of hydrogen-bond acceptors (Lipinski definition) is 5. The van der Waals surface area contributed by atoms with E-state index in [0.717, 1.165) is 18.4 Å². The van der Waals surface area contributed by atoms with E-state index in [1.165, 1.54) is 12.1 Å². The van der Waals surface area contributed by atoms with Crippen LogP contribution in [0.5, 0.6) is 5.75 Å². The Balaban J connectivity index is 2.02. The molecule has 0 unspecified atom stereocenters. The number of amides is 1. The minimum absolute atomic E-state index is 0.0491. The van der Waals surface area contributed by atoms with Crippen molar-refractivity contribution in [1.82, 2.24) is 5.32 Å². The van der Waals surface area contributed by atoms with E-state index in [0.29, 0.717) is 28.1 Å². The van der Waals surface area contributed by atoms with Gasteiger partial charge >= 0.3 is 0 Å². The van der Waals surface area contributed by atoms with Gasteiger partial charge in [-0.25, -0.2) is 0 Å². The summed E-state index contributed by atoms with van der Waals surface area (Å²) < 4.78 is 6.31. The number of thiocarbonyl (C=S) groups is 1. The summed E-state index contributed by atoms with van der Waals surface area (Å²) in [5.74, 6) is 0.263. The summed E-state index contributed by atoms with van der Waals surface area (Å²) in [5.41, 5.74) is 1.55. The highest BCUT2D eigenvalue weighted by molar-refractivity contribution is 9.10. The van der Waals surface area contributed by atoms with Crippen LogP contribution >= 0.6 is 28.1 Å². The van der Waals surface area contributed by atoms with Gasteiger partial charge in [0.05, 0.1) is 16.0 Å². The van der Waals surface area contributed by atoms with Crippen LogP contribution in [0.2, 0.25) is 0 Å². The summed E-state index contributed by atoms with van der Waals surface area (Å²) in [7, 11) is 0. The number of carbonyl (C=O) groups excluding carboxylic acids is 1. The number of hydrogen-bond donors (Lipinski definition) is 2. The molecule has 148 valence electrons. The number of aryl methyl sites for hydroxylation is 1. The van der Waals surface area contributed by atoms with E-state index in [2.05, 4.69) is 33.5 Å². The standard InChI is InChI=1S/C19H20BrN3O4S/c1-3-4-9-27-17-8-6-13(10-15(17)20)18(24)22-19(28)21-16-11-14(23(25)26)7-5-12(16)2/h5-8,10-11H,3-4,9H2,1-2H3,(H2,21,22,24,28). The number of unbranched alkanes of at least 4 members (excludes halogenated alkanes) is 1. The van der Waals surface area contributed by atoms with Gasteiger partial charge in [-0.05, 0) is 65.3 Å². The summed E-state index contributed by atoms with van der Waals surface area (Å²) in [6.45, 7) is 4.47. The molecule has 0 saturated heterocycles. The molecule has 2 rings (SSSR count). The quantitative estimate of drug-likeness (QED) is 0.259. The first-order chi connectivity index (χ1) is 13.3. The van der Waals surface area contributed by atoms with Gasteiger partial charge in [-0.3, -0.25) is 20.2 Å². The zero-order chi connectivity index (χ0) is 20.7. The highest BCUT2D eigenvalue weighted by Crippen LogP contribution is 2.26. The maximum Gasteiger partial charge on any atom is 0.271 e. The first-order valence-corrected chi connectivity index (χ1v) is 9.81. The molecule has 0 aliphatic heterocycles. The van der Waals surface area contributed by atoms with Gasteiger partial charge in [0.2, 0.25) is 0 Å². The molecule has 0 saturated carbocycles. The number of halogens is 1. The molecule has 0 bridgehead atoms. The Labute approximate surface area is 176 Å². The smallest absolute Gasteiger partial charge is 0.271 e. The second kappa shape index (κ2) is 10.1. The van der Waals surface area contributed by atoms with Gasteiger partial charge in [-0.15, -0.1) is 0 Å². The number of non-ortho nitro benzene ring substituents is 1. The highest BCUT2D eigenvalue weighted by atomic mass is 79.9. The summed E-state index contributed by atoms with van der Waals surface area (Å²) in [5, 5.41) is 16.4. The minimum atomic E-state index is -0.492.